The summed E-state index contributed by atoms with van der Waals surface area (Å²) < 4.78 is 27.7. The first-order chi connectivity index (χ1) is 14.9. The van der Waals surface area contributed by atoms with Crippen molar-refractivity contribution in [1.29, 1.82) is 0 Å². The van der Waals surface area contributed by atoms with Crippen molar-refractivity contribution >= 4 is 23.4 Å². The highest BCUT2D eigenvalue weighted by Gasteiger charge is 2.08. The molecule has 3 aromatic carbocycles. The van der Waals surface area contributed by atoms with Crippen LogP contribution in [0.2, 0.25) is 0 Å². The maximum absolute atomic E-state index is 13.8. The first-order valence-electron chi connectivity index (χ1n) is 10.5. The molecule has 0 aromatic heterocycles. The molecule has 0 bridgehead atoms. The molecule has 31 heavy (non-hydrogen) atoms. The minimum Gasteiger partial charge on any atom is -0.392 e. The summed E-state index contributed by atoms with van der Waals surface area (Å²) in [6.45, 7) is 4.19. The summed E-state index contributed by atoms with van der Waals surface area (Å²) in [5.41, 5.74) is 5.91. The topological polar surface area (TPSA) is 20.2 Å². The van der Waals surface area contributed by atoms with Crippen molar-refractivity contribution in [2.24, 2.45) is 0 Å². The third-order valence-electron chi connectivity index (χ3n) is 5.32. The van der Waals surface area contributed by atoms with Gasteiger partial charge in [-0.2, -0.15) is 0 Å². The normalized spacial score (nSPS) is 11.7. The predicted molar refractivity (Wildman–Crippen MR) is 127 cm³/mol. The van der Waals surface area contributed by atoms with Gasteiger partial charge in [0.25, 0.3) is 0 Å². The number of benzene rings is 3. The summed E-state index contributed by atoms with van der Waals surface area (Å²) in [5, 5.41) is 9.13. The largest absolute Gasteiger partial charge is 0.392 e. The Hall–Kier alpha value is -2.43. The lowest BCUT2D eigenvalue weighted by molar-refractivity contribution is 0.282. The number of aliphatic hydroxyl groups is 1. The van der Waals surface area contributed by atoms with Crippen molar-refractivity contribution in [3.05, 3.63) is 100 Å². The van der Waals surface area contributed by atoms with Gasteiger partial charge >= 0.3 is 0 Å². The van der Waals surface area contributed by atoms with Crippen molar-refractivity contribution in [3.63, 3.8) is 0 Å². The monoisotopic (exact) mass is 438 g/mol. The van der Waals surface area contributed by atoms with Gasteiger partial charge in [0.15, 0.2) is 0 Å². The standard InChI is InChI=1S/C27H28F2OS/c1-19-6-7-22(13-20(19)2)14-23(24-15-25(28)17-26(29)16-24)5-3-4-12-31-27-10-8-21(18-30)9-11-27/h6-11,13-17,30H,3-5,12,18H2,1-2H3. The van der Waals surface area contributed by atoms with Crippen LogP contribution >= 0.6 is 11.8 Å². The number of hydrogen-bond acceptors (Lipinski definition) is 2. The fraction of sp³-hybridized carbons (Fsp3) is 0.259. The summed E-state index contributed by atoms with van der Waals surface area (Å²) in [4.78, 5) is 1.18. The average molecular weight is 439 g/mol. The van der Waals surface area contributed by atoms with Gasteiger partial charge in [-0.05, 0) is 96.5 Å². The predicted octanol–water partition coefficient (Wildman–Crippen LogP) is 7.58. The van der Waals surface area contributed by atoms with Crippen LogP contribution < -0.4 is 0 Å². The molecule has 4 heteroatoms. The Morgan fingerprint density at radius 3 is 2.23 bits per heavy atom. The van der Waals surface area contributed by atoms with Gasteiger partial charge in [0.2, 0.25) is 0 Å². The van der Waals surface area contributed by atoms with E-state index in [9.17, 15) is 8.78 Å². The zero-order valence-electron chi connectivity index (χ0n) is 18.0. The zero-order chi connectivity index (χ0) is 22.2. The number of thioether (sulfide) groups is 1. The van der Waals surface area contributed by atoms with Crippen molar-refractivity contribution < 1.29 is 13.9 Å². The molecule has 0 aliphatic carbocycles. The lowest BCUT2D eigenvalue weighted by atomic mass is 9.96. The van der Waals surface area contributed by atoms with E-state index in [1.54, 1.807) is 11.8 Å². The van der Waals surface area contributed by atoms with Gasteiger partial charge in [-0.25, -0.2) is 8.78 Å². The Kier molecular flexibility index (Phi) is 8.44. The molecule has 0 unspecified atom stereocenters. The molecule has 1 N–H and O–H groups in total. The van der Waals surface area contributed by atoms with Crippen LogP contribution in [-0.2, 0) is 6.61 Å². The van der Waals surface area contributed by atoms with Crippen LogP contribution in [0.4, 0.5) is 8.78 Å². The van der Waals surface area contributed by atoms with E-state index in [2.05, 4.69) is 26.0 Å². The molecule has 0 saturated carbocycles. The molecular weight excluding hydrogens is 410 g/mol. The van der Waals surface area contributed by atoms with Gasteiger partial charge in [-0.1, -0.05) is 36.4 Å². The van der Waals surface area contributed by atoms with Crippen LogP contribution in [0.15, 0.2) is 65.6 Å². The van der Waals surface area contributed by atoms with Gasteiger partial charge < -0.3 is 5.11 Å². The highest BCUT2D eigenvalue weighted by molar-refractivity contribution is 7.99. The molecular formula is C27H28F2OS. The number of hydrogen-bond donors (Lipinski definition) is 1. The summed E-state index contributed by atoms with van der Waals surface area (Å²) >= 11 is 1.78. The molecule has 0 aliphatic rings. The van der Waals surface area contributed by atoms with E-state index in [4.69, 9.17) is 5.11 Å². The molecule has 0 aliphatic heterocycles. The van der Waals surface area contributed by atoms with Gasteiger partial charge in [0.1, 0.15) is 11.6 Å². The first kappa shape index (κ1) is 23.2. The highest BCUT2D eigenvalue weighted by Crippen LogP contribution is 2.27. The van der Waals surface area contributed by atoms with E-state index >= 15 is 0 Å². The van der Waals surface area contributed by atoms with Crippen LogP contribution in [0, 0.1) is 25.5 Å². The smallest absolute Gasteiger partial charge is 0.126 e. The minimum atomic E-state index is -0.553. The lowest BCUT2D eigenvalue weighted by Crippen LogP contribution is -1.92. The average Bonchev–Trinajstić information content (AvgIpc) is 2.75. The molecule has 0 spiro atoms. The summed E-state index contributed by atoms with van der Waals surface area (Å²) in [5.74, 6) is -0.141. The van der Waals surface area contributed by atoms with E-state index in [1.807, 2.05) is 36.4 Å². The number of aliphatic hydroxyl groups excluding tert-OH is 1. The second kappa shape index (κ2) is 11.3. The van der Waals surface area contributed by atoms with Crippen molar-refractivity contribution in [1.82, 2.24) is 0 Å². The molecule has 0 amide bonds. The number of aryl methyl sites for hydroxylation is 2. The number of allylic oxidation sites excluding steroid dienone is 1. The molecule has 1 nitrogen and oxygen atoms in total. The molecule has 3 aromatic rings. The maximum Gasteiger partial charge on any atom is 0.126 e. The van der Waals surface area contributed by atoms with Gasteiger partial charge in [-0.3, -0.25) is 0 Å². The Bertz CT molecular complexity index is 1020. The molecule has 0 heterocycles. The second-order valence-corrected chi connectivity index (χ2v) is 8.95. The van der Waals surface area contributed by atoms with E-state index in [1.165, 1.54) is 28.2 Å². The van der Waals surface area contributed by atoms with Gasteiger partial charge in [-0.15, -0.1) is 11.8 Å². The fourth-order valence-corrected chi connectivity index (χ4v) is 4.31. The Balaban J connectivity index is 1.67. The summed E-state index contributed by atoms with van der Waals surface area (Å²) in [6.07, 6.45) is 4.71. The third-order valence-corrected chi connectivity index (χ3v) is 6.42. The van der Waals surface area contributed by atoms with Crippen LogP contribution in [0.3, 0.4) is 0 Å². The molecule has 3 rings (SSSR count). The van der Waals surface area contributed by atoms with Gasteiger partial charge in [0.05, 0.1) is 6.61 Å². The Labute approximate surface area is 187 Å². The number of unbranched alkanes of at least 4 members (excludes halogenated alkanes) is 1. The molecule has 0 saturated heterocycles. The zero-order valence-corrected chi connectivity index (χ0v) is 18.8. The fourth-order valence-electron chi connectivity index (χ4n) is 3.39. The Morgan fingerprint density at radius 2 is 1.58 bits per heavy atom. The summed E-state index contributed by atoms with van der Waals surface area (Å²) in [7, 11) is 0. The summed E-state index contributed by atoms with van der Waals surface area (Å²) in [6, 6.07) is 17.9. The van der Waals surface area contributed by atoms with E-state index in [0.717, 1.165) is 47.8 Å². The van der Waals surface area contributed by atoms with E-state index in [0.29, 0.717) is 5.56 Å². The van der Waals surface area contributed by atoms with Crippen molar-refractivity contribution in [2.75, 3.05) is 5.75 Å². The number of halogens is 2. The highest BCUT2D eigenvalue weighted by atomic mass is 32.2. The number of rotatable bonds is 9. The van der Waals surface area contributed by atoms with E-state index < -0.39 is 11.6 Å². The van der Waals surface area contributed by atoms with Crippen LogP contribution in [0.1, 0.15) is 47.1 Å². The quantitative estimate of drug-likeness (QED) is 0.211. The van der Waals surface area contributed by atoms with Crippen molar-refractivity contribution in [2.45, 2.75) is 44.6 Å². The molecule has 0 radical (unpaired) electrons. The van der Waals surface area contributed by atoms with Crippen molar-refractivity contribution in [3.8, 4) is 0 Å². The first-order valence-corrected chi connectivity index (χ1v) is 11.5. The van der Waals surface area contributed by atoms with Crippen LogP contribution in [0.5, 0.6) is 0 Å². The van der Waals surface area contributed by atoms with Crippen LogP contribution in [0.25, 0.3) is 11.6 Å². The Morgan fingerprint density at radius 1 is 0.871 bits per heavy atom. The third kappa shape index (κ3) is 7.05. The molecule has 0 atom stereocenters. The van der Waals surface area contributed by atoms with E-state index in [-0.39, 0.29) is 6.61 Å². The molecule has 162 valence electrons. The van der Waals surface area contributed by atoms with Crippen LogP contribution in [-0.4, -0.2) is 10.9 Å². The SMILES string of the molecule is Cc1ccc(C=C(CCCCSc2ccc(CO)cc2)c2cc(F)cc(F)c2)cc1C. The second-order valence-electron chi connectivity index (χ2n) is 7.78. The lowest BCUT2D eigenvalue weighted by Gasteiger charge is -2.11. The molecule has 0 fully saturated rings. The maximum atomic E-state index is 13.8. The minimum absolute atomic E-state index is 0.0568. The van der Waals surface area contributed by atoms with Gasteiger partial charge in [0, 0.05) is 11.0 Å².